The van der Waals surface area contributed by atoms with E-state index in [1.807, 2.05) is 0 Å². The molecule has 3 saturated heterocycles. The first-order valence-corrected chi connectivity index (χ1v) is 30.5. The molecule has 100 heavy (non-hydrogen) atoms. The molecule has 0 spiro atoms. The van der Waals surface area contributed by atoms with Crippen LogP contribution in [-0.2, 0) is 24.7 Å². The molecule has 36 heteroatoms. The Morgan fingerprint density at radius 3 is 1.21 bits per heavy atom. The Labute approximate surface area is 569 Å². The van der Waals surface area contributed by atoms with Crippen molar-refractivity contribution in [2.24, 2.45) is 11.7 Å². The normalized spacial score (nSPS) is 15.9. The van der Waals surface area contributed by atoms with E-state index < -0.39 is 92.9 Å². The zero-order valence-electron chi connectivity index (χ0n) is 52.5. The largest absolute Gasteiger partial charge is 0.476 e. The van der Waals surface area contributed by atoms with Crippen molar-refractivity contribution in [1.29, 1.82) is 0 Å². The second-order valence-electron chi connectivity index (χ2n) is 22.3. The summed E-state index contributed by atoms with van der Waals surface area (Å²) in [5.41, 5.74) is 19.9. The molecule has 24 nitrogen and oxygen atoms in total. The van der Waals surface area contributed by atoms with Gasteiger partial charge in [-0.1, -0.05) is 0 Å². The van der Waals surface area contributed by atoms with Gasteiger partial charge in [-0.15, -0.1) is 0 Å². The molecule has 0 aliphatic carbocycles. The highest BCUT2D eigenvalue weighted by Crippen LogP contribution is 2.38. The molecule has 0 amide bonds. The summed E-state index contributed by atoms with van der Waals surface area (Å²) in [6, 6.07) is 19.3. The fraction of sp³-hybridized carbons (Fsp3) is 0.312. The zero-order chi connectivity index (χ0) is 72.5. The van der Waals surface area contributed by atoms with E-state index in [1.165, 1.54) is 91.5 Å². The number of nitrogen functional groups attached to an aromatic ring is 4. The standard InChI is InChI=1S/2C17H18F3N5O.C16H16F3N5O.C14H13F3N4O2.5H2/c18-17(19,20)12-5-6-13(24-9-10-3-1-7-22-10)25-14(12)15(26)11-4-2-8-23-16(11)21;18-17(19,20)12-3-4-13(24-9-10-5-7-22-8-10)25-14(12)15(26)11-2-1-6-23-16(11)21;17-16(18,19)11-3-4-12(23-9-5-7-21-8-9)24-13(11)14(25)10-2-1-6-22-15(10)20;15-14(16,17)9-3-4-10(23-7-5-18)21-11(9)12(22)8-2-1-6-20-13(8)19;;;;;/h2,4-6,8,10,22H,1,3,7,9H2,(H2,21,23)(H,24,25);1-4,6,10,22H,5,7-9H2,(H2,21,23)(H,24,25);1-4,6,9,21H,5,7-8H2,(H2,20,22)(H,23,24);1-4,6H,5,7,18H2,(H2,19,20);5*1H. The number of hydrogen-bond acceptors (Lipinski definition) is 24. The number of ether oxygens (including phenoxy) is 1. The number of aromatic nitrogens is 8. The highest BCUT2D eigenvalue weighted by Gasteiger charge is 2.41. The van der Waals surface area contributed by atoms with Gasteiger partial charge in [0.2, 0.25) is 29.0 Å². The molecule has 0 saturated carbocycles. The fourth-order valence-electron chi connectivity index (χ4n) is 10.2. The Kier molecular flexibility index (Phi) is 24.9. The van der Waals surface area contributed by atoms with Crippen LogP contribution < -0.4 is 65.3 Å². The summed E-state index contributed by atoms with van der Waals surface area (Å²) in [5, 5.41) is 18.7. The highest BCUT2D eigenvalue weighted by molar-refractivity contribution is 6.13. The van der Waals surface area contributed by atoms with Crippen LogP contribution in [0.3, 0.4) is 0 Å². The molecule has 3 unspecified atom stereocenters. The summed E-state index contributed by atoms with van der Waals surface area (Å²) in [5.74, 6) is -3.43. The summed E-state index contributed by atoms with van der Waals surface area (Å²) in [6.07, 6.45) is -9.64. The lowest BCUT2D eigenvalue weighted by Gasteiger charge is -2.16. The predicted molar refractivity (Wildman–Crippen MR) is 354 cm³/mol. The maximum absolute atomic E-state index is 13.3. The number of rotatable bonds is 19. The van der Waals surface area contributed by atoms with E-state index in [4.69, 9.17) is 33.4 Å². The third kappa shape index (κ3) is 20.0. The van der Waals surface area contributed by atoms with Crippen molar-refractivity contribution in [2.45, 2.75) is 62.5 Å². The second-order valence-corrected chi connectivity index (χ2v) is 22.3. The molecule has 0 radical (unpaired) electrons. The smallest absolute Gasteiger partial charge is 0.418 e. The summed E-state index contributed by atoms with van der Waals surface area (Å²) >= 11 is 0. The van der Waals surface area contributed by atoms with Gasteiger partial charge in [0.1, 0.15) is 70.1 Å². The van der Waals surface area contributed by atoms with E-state index in [-0.39, 0.29) is 101 Å². The van der Waals surface area contributed by atoms with Crippen LogP contribution in [0.2, 0.25) is 0 Å². The van der Waals surface area contributed by atoms with Gasteiger partial charge in [0.25, 0.3) is 0 Å². The van der Waals surface area contributed by atoms with Gasteiger partial charge in [0, 0.05) is 76.2 Å². The minimum absolute atomic E-state index is 0. The van der Waals surface area contributed by atoms with E-state index in [0.717, 1.165) is 82.2 Å². The van der Waals surface area contributed by atoms with Crippen LogP contribution in [0.15, 0.2) is 122 Å². The molecule has 8 aromatic rings. The quantitative estimate of drug-likeness (QED) is 0.0265. The van der Waals surface area contributed by atoms with Crippen LogP contribution in [0.5, 0.6) is 5.88 Å². The van der Waals surface area contributed by atoms with Gasteiger partial charge < -0.3 is 65.3 Å². The summed E-state index contributed by atoms with van der Waals surface area (Å²) in [6.45, 7) is 5.45. The van der Waals surface area contributed by atoms with E-state index >= 15 is 0 Å². The predicted octanol–water partition coefficient (Wildman–Crippen LogP) is 9.76. The number of anilines is 7. The molecular weight excluding hydrogens is 1340 g/mol. The van der Waals surface area contributed by atoms with Gasteiger partial charge in [-0.25, -0.2) is 39.9 Å². The van der Waals surface area contributed by atoms with Crippen molar-refractivity contribution in [3.05, 3.63) is 189 Å². The number of carbonyl (C=O) groups excluding carboxylic acids is 4. The molecule has 3 aliphatic heterocycles. The van der Waals surface area contributed by atoms with Crippen LogP contribution in [-0.4, -0.2) is 134 Å². The maximum atomic E-state index is 13.3. The Hall–Kier alpha value is -10.7. The minimum atomic E-state index is -4.75. The molecule has 8 aromatic heterocycles. The maximum Gasteiger partial charge on any atom is 0.418 e. The Morgan fingerprint density at radius 2 is 0.850 bits per heavy atom. The highest BCUT2D eigenvalue weighted by atomic mass is 19.4. The molecule has 3 aliphatic rings. The lowest BCUT2D eigenvalue weighted by molar-refractivity contribution is -0.139. The monoisotopic (exact) mass is 1420 g/mol. The molecule has 3 fully saturated rings. The third-order valence-electron chi connectivity index (χ3n) is 15.2. The van der Waals surface area contributed by atoms with Crippen molar-refractivity contribution >= 4 is 63.9 Å². The van der Waals surface area contributed by atoms with E-state index in [0.29, 0.717) is 25.6 Å². The molecule has 0 aromatic carbocycles. The molecule has 540 valence electrons. The van der Waals surface area contributed by atoms with Crippen molar-refractivity contribution in [2.75, 3.05) is 97.8 Å². The first-order valence-electron chi connectivity index (χ1n) is 30.5. The molecule has 11 rings (SSSR count). The topological polar surface area (TPSA) is 383 Å². The summed E-state index contributed by atoms with van der Waals surface area (Å²) in [7, 11) is 0. The van der Waals surface area contributed by atoms with Crippen LogP contribution in [0.4, 0.5) is 93.4 Å². The number of hydrogen-bond donors (Lipinski definition) is 11. The average molecular weight is 1420 g/mol. The Morgan fingerprint density at radius 1 is 0.470 bits per heavy atom. The van der Waals surface area contributed by atoms with Gasteiger partial charge in [-0.2, -0.15) is 52.7 Å². The Balaban J connectivity index is 0.000000358. The average Bonchev–Trinajstić information content (AvgIpc) is 1.46. The van der Waals surface area contributed by atoms with Crippen LogP contribution >= 0.6 is 0 Å². The van der Waals surface area contributed by atoms with Crippen molar-refractivity contribution in [1.82, 2.24) is 55.8 Å². The molecular formula is C64H75F12N19O5. The number of alkyl halides is 12. The lowest BCUT2D eigenvalue weighted by atomic mass is 10.0. The van der Waals surface area contributed by atoms with Crippen LogP contribution in [0.25, 0.3) is 0 Å². The van der Waals surface area contributed by atoms with Gasteiger partial charge in [-0.05, 0) is 149 Å². The van der Waals surface area contributed by atoms with Crippen molar-refractivity contribution in [3.8, 4) is 5.88 Å². The number of ketones is 4. The Bertz CT molecular complexity index is 4060. The van der Waals surface area contributed by atoms with E-state index in [1.54, 1.807) is 0 Å². The SMILES string of the molecule is NCCOc1ccc(C(F)(F)F)c(C(=O)c2cccnc2N)n1.Nc1ncccc1C(=O)c1nc(NC2CCNC2)ccc1C(F)(F)F.Nc1ncccc1C(=O)c1nc(NCC2CCCN2)ccc1C(F)(F)F.Nc1ncccc1C(=O)c1nc(NCC2CCNC2)ccc1C(F)(F)F.[HH].[HH].[HH].[HH].[HH]. The van der Waals surface area contributed by atoms with Gasteiger partial charge in [-0.3, -0.25) is 19.2 Å². The second kappa shape index (κ2) is 33.2. The van der Waals surface area contributed by atoms with E-state index in [9.17, 15) is 71.9 Å². The van der Waals surface area contributed by atoms with Crippen LogP contribution in [0, 0.1) is 5.92 Å². The van der Waals surface area contributed by atoms with E-state index in [2.05, 4.69) is 71.8 Å². The van der Waals surface area contributed by atoms with Crippen molar-refractivity contribution in [3.63, 3.8) is 0 Å². The summed E-state index contributed by atoms with van der Waals surface area (Å²) in [4.78, 5) is 80.6. The third-order valence-corrected chi connectivity index (χ3v) is 15.2. The molecule has 0 bridgehead atoms. The minimum Gasteiger partial charge on any atom is -0.476 e. The van der Waals surface area contributed by atoms with Gasteiger partial charge >= 0.3 is 24.7 Å². The fourth-order valence-corrected chi connectivity index (χ4v) is 10.2. The number of pyridine rings is 8. The molecule has 11 heterocycles. The van der Waals surface area contributed by atoms with Crippen molar-refractivity contribution < 1.29 is 83.7 Å². The van der Waals surface area contributed by atoms with Crippen LogP contribution in [0.1, 0.15) is 119 Å². The number of nitrogens with two attached hydrogens (primary N) is 5. The number of nitrogens with zero attached hydrogens (tertiary/aromatic N) is 8. The van der Waals surface area contributed by atoms with Gasteiger partial charge in [0.15, 0.2) is 0 Å². The number of halogens is 12. The first kappa shape index (κ1) is 75.1. The molecule has 3 atom stereocenters. The van der Waals surface area contributed by atoms with Gasteiger partial charge in [0.05, 0.1) is 44.5 Å². The number of carbonyl (C=O) groups is 4. The number of nitrogens with one attached hydrogen (secondary N) is 6. The zero-order valence-corrected chi connectivity index (χ0v) is 52.5. The first-order chi connectivity index (χ1) is 47.4. The summed E-state index contributed by atoms with van der Waals surface area (Å²) < 4.78 is 164. The lowest BCUT2D eigenvalue weighted by Crippen LogP contribution is -2.29. The molecule has 16 N–H and O–H groups in total.